The van der Waals surface area contributed by atoms with E-state index in [1.165, 1.54) is 12.8 Å². The Kier molecular flexibility index (Phi) is 5.08. The number of aryl methyl sites for hydroxylation is 1. The number of hydrogen-bond acceptors (Lipinski definition) is 3. The van der Waals surface area contributed by atoms with Crippen LogP contribution in [0.15, 0.2) is 16.6 Å². The van der Waals surface area contributed by atoms with Gasteiger partial charge in [-0.2, -0.15) is 0 Å². The zero-order valence-corrected chi connectivity index (χ0v) is 14.6. The molecule has 1 fully saturated rings. The number of nitrogens with one attached hydrogen (secondary N) is 1. The lowest BCUT2D eigenvalue weighted by Crippen LogP contribution is -2.43. The van der Waals surface area contributed by atoms with Crippen molar-refractivity contribution in [1.29, 1.82) is 0 Å². The molecule has 0 radical (unpaired) electrons. The van der Waals surface area contributed by atoms with Crippen LogP contribution in [0.3, 0.4) is 0 Å². The smallest absolute Gasteiger partial charge is 0.128 e. The molecule has 2 rings (SSSR count). The monoisotopic (exact) mass is 339 g/mol. The molecule has 0 saturated carbocycles. The SMILES string of the molecule is Cc1nc(N2CCC(CNC(C)(C)C)CC2)ccc1Br. The van der Waals surface area contributed by atoms with Crippen molar-refractivity contribution in [2.75, 3.05) is 24.5 Å². The van der Waals surface area contributed by atoms with Crippen LogP contribution >= 0.6 is 15.9 Å². The maximum Gasteiger partial charge on any atom is 0.128 e. The van der Waals surface area contributed by atoms with Crippen LogP contribution < -0.4 is 10.2 Å². The molecule has 1 saturated heterocycles. The summed E-state index contributed by atoms with van der Waals surface area (Å²) in [5.74, 6) is 1.91. The summed E-state index contributed by atoms with van der Waals surface area (Å²) in [5.41, 5.74) is 1.29. The first-order valence-corrected chi connectivity index (χ1v) is 8.27. The highest BCUT2D eigenvalue weighted by atomic mass is 79.9. The van der Waals surface area contributed by atoms with E-state index in [2.05, 4.69) is 64.0 Å². The lowest BCUT2D eigenvalue weighted by atomic mass is 9.95. The third-order valence-electron chi connectivity index (χ3n) is 3.87. The van der Waals surface area contributed by atoms with E-state index in [9.17, 15) is 0 Å². The minimum absolute atomic E-state index is 0.224. The molecule has 2 heterocycles. The minimum Gasteiger partial charge on any atom is -0.357 e. The second-order valence-corrected chi connectivity index (χ2v) is 7.65. The molecule has 0 unspecified atom stereocenters. The van der Waals surface area contributed by atoms with Crippen LogP contribution in [0, 0.1) is 12.8 Å². The lowest BCUT2D eigenvalue weighted by Gasteiger charge is -2.34. The van der Waals surface area contributed by atoms with Gasteiger partial charge in [0.25, 0.3) is 0 Å². The molecule has 0 atom stereocenters. The van der Waals surface area contributed by atoms with Gasteiger partial charge < -0.3 is 10.2 Å². The van der Waals surface area contributed by atoms with Gasteiger partial charge in [-0.1, -0.05) is 0 Å². The molecule has 1 aliphatic heterocycles. The second-order valence-electron chi connectivity index (χ2n) is 6.80. The number of piperidine rings is 1. The number of anilines is 1. The highest BCUT2D eigenvalue weighted by molar-refractivity contribution is 9.10. The Labute approximate surface area is 131 Å². The van der Waals surface area contributed by atoms with E-state index in [0.717, 1.165) is 41.5 Å². The normalized spacial score (nSPS) is 17.6. The molecular weight excluding hydrogens is 314 g/mol. The Morgan fingerprint density at radius 2 is 1.95 bits per heavy atom. The molecule has 1 aromatic heterocycles. The van der Waals surface area contributed by atoms with Crippen molar-refractivity contribution in [2.24, 2.45) is 5.92 Å². The fourth-order valence-electron chi connectivity index (χ4n) is 2.52. The summed E-state index contributed by atoms with van der Waals surface area (Å²) >= 11 is 3.51. The highest BCUT2D eigenvalue weighted by Crippen LogP contribution is 2.24. The predicted octanol–water partition coefficient (Wildman–Crippen LogP) is 3.76. The van der Waals surface area contributed by atoms with Gasteiger partial charge in [0, 0.05) is 23.1 Å². The van der Waals surface area contributed by atoms with Crippen LogP contribution in [0.5, 0.6) is 0 Å². The zero-order chi connectivity index (χ0) is 14.8. The molecule has 0 bridgehead atoms. The largest absolute Gasteiger partial charge is 0.357 e. The van der Waals surface area contributed by atoms with Crippen molar-refractivity contribution in [2.45, 2.75) is 46.1 Å². The Morgan fingerprint density at radius 3 is 2.50 bits per heavy atom. The third kappa shape index (κ3) is 4.45. The maximum absolute atomic E-state index is 4.67. The Morgan fingerprint density at radius 1 is 1.30 bits per heavy atom. The van der Waals surface area contributed by atoms with E-state index >= 15 is 0 Å². The highest BCUT2D eigenvalue weighted by Gasteiger charge is 2.21. The van der Waals surface area contributed by atoms with E-state index < -0.39 is 0 Å². The van der Waals surface area contributed by atoms with Crippen molar-refractivity contribution < 1.29 is 0 Å². The van der Waals surface area contributed by atoms with Gasteiger partial charge in [-0.05, 0) is 81.1 Å². The van der Waals surface area contributed by atoms with E-state index in [1.54, 1.807) is 0 Å². The minimum atomic E-state index is 0.224. The van der Waals surface area contributed by atoms with Crippen LogP contribution in [0.25, 0.3) is 0 Å². The maximum atomic E-state index is 4.67. The first-order chi connectivity index (χ1) is 9.35. The second kappa shape index (κ2) is 6.44. The quantitative estimate of drug-likeness (QED) is 0.908. The average molecular weight is 340 g/mol. The number of pyridine rings is 1. The van der Waals surface area contributed by atoms with Gasteiger partial charge in [-0.25, -0.2) is 4.98 Å². The summed E-state index contributed by atoms with van der Waals surface area (Å²) in [6, 6.07) is 4.22. The van der Waals surface area contributed by atoms with Gasteiger partial charge in [-0.3, -0.25) is 0 Å². The lowest BCUT2D eigenvalue weighted by molar-refractivity contribution is 0.328. The molecule has 0 spiro atoms. The zero-order valence-electron chi connectivity index (χ0n) is 13.0. The van der Waals surface area contributed by atoms with Crippen molar-refractivity contribution in [3.8, 4) is 0 Å². The summed E-state index contributed by atoms with van der Waals surface area (Å²) in [6.07, 6.45) is 2.50. The topological polar surface area (TPSA) is 28.2 Å². The summed E-state index contributed by atoms with van der Waals surface area (Å²) in [4.78, 5) is 7.08. The van der Waals surface area contributed by atoms with E-state index in [4.69, 9.17) is 0 Å². The van der Waals surface area contributed by atoms with Gasteiger partial charge in [-0.15, -0.1) is 0 Å². The van der Waals surface area contributed by atoms with Crippen LogP contribution in [-0.4, -0.2) is 30.2 Å². The standard InChI is InChI=1S/C16H26BrN3/c1-12-14(17)5-6-15(19-12)20-9-7-13(8-10-20)11-18-16(2,3)4/h5-6,13,18H,7-11H2,1-4H3. The van der Waals surface area contributed by atoms with E-state index in [-0.39, 0.29) is 5.54 Å². The summed E-state index contributed by atoms with van der Waals surface area (Å²) in [6.45, 7) is 12.1. The molecule has 1 N–H and O–H groups in total. The van der Waals surface area contributed by atoms with E-state index in [0.29, 0.717) is 0 Å². The predicted molar refractivity (Wildman–Crippen MR) is 89.4 cm³/mol. The van der Waals surface area contributed by atoms with Crippen LogP contribution in [0.2, 0.25) is 0 Å². The summed E-state index contributed by atoms with van der Waals surface area (Å²) in [7, 11) is 0. The molecule has 20 heavy (non-hydrogen) atoms. The molecule has 112 valence electrons. The number of nitrogens with zero attached hydrogens (tertiary/aromatic N) is 2. The number of aromatic nitrogens is 1. The van der Waals surface area contributed by atoms with Gasteiger partial charge in [0.2, 0.25) is 0 Å². The Hall–Kier alpha value is -0.610. The average Bonchev–Trinajstić information content (AvgIpc) is 2.39. The van der Waals surface area contributed by atoms with Crippen LogP contribution in [0.1, 0.15) is 39.3 Å². The van der Waals surface area contributed by atoms with E-state index in [1.807, 2.05) is 6.92 Å². The number of rotatable bonds is 3. The number of halogens is 1. The summed E-state index contributed by atoms with van der Waals surface area (Å²) in [5, 5.41) is 3.62. The van der Waals surface area contributed by atoms with Crippen molar-refractivity contribution in [1.82, 2.24) is 10.3 Å². The van der Waals surface area contributed by atoms with Crippen LogP contribution in [0.4, 0.5) is 5.82 Å². The molecule has 4 heteroatoms. The molecule has 0 aromatic carbocycles. The molecule has 1 aliphatic rings. The molecule has 1 aromatic rings. The van der Waals surface area contributed by atoms with Crippen molar-refractivity contribution >= 4 is 21.7 Å². The van der Waals surface area contributed by atoms with Gasteiger partial charge >= 0.3 is 0 Å². The fourth-order valence-corrected chi connectivity index (χ4v) is 2.74. The molecule has 0 aliphatic carbocycles. The summed E-state index contributed by atoms with van der Waals surface area (Å²) < 4.78 is 1.09. The third-order valence-corrected chi connectivity index (χ3v) is 4.70. The molecular formula is C16H26BrN3. The first-order valence-electron chi connectivity index (χ1n) is 7.48. The number of hydrogen-bond donors (Lipinski definition) is 1. The van der Waals surface area contributed by atoms with Gasteiger partial charge in [0.05, 0.1) is 5.69 Å². The van der Waals surface area contributed by atoms with Gasteiger partial charge in [0.15, 0.2) is 0 Å². The van der Waals surface area contributed by atoms with Crippen molar-refractivity contribution in [3.05, 3.63) is 22.3 Å². The Balaban J connectivity index is 1.86. The van der Waals surface area contributed by atoms with Crippen molar-refractivity contribution in [3.63, 3.8) is 0 Å². The first kappa shape index (κ1) is 15.8. The fraction of sp³-hybridized carbons (Fsp3) is 0.688. The van der Waals surface area contributed by atoms with Gasteiger partial charge in [0.1, 0.15) is 5.82 Å². The Bertz CT molecular complexity index is 446. The van der Waals surface area contributed by atoms with Crippen LogP contribution in [-0.2, 0) is 0 Å². The molecule has 3 nitrogen and oxygen atoms in total. The molecule has 0 amide bonds.